The Balaban J connectivity index is 2.28. The Kier molecular flexibility index (Phi) is 2.48. The van der Waals surface area contributed by atoms with Crippen LogP contribution in [0.2, 0.25) is 0 Å². The third-order valence-corrected chi connectivity index (χ3v) is 2.68. The molecule has 0 unspecified atom stereocenters. The van der Waals surface area contributed by atoms with Gasteiger partial charge in [0.05, 0.1) is 5.69 Å². The van der Waals surface area contributed by atoms with E-state index in [1.807, 2.05) is 6.92 Å². The van der Waals surface area contributed by atoms with Gasteiger partial charge >= 0.3 is 0 Å². The quantitative estimate of drug-likeness (QED) is 0.676. The third-order valence-electron chi connectivity index (χ3n) is 2.68. The fourth-order valence-corrected chi connectivity index (χ4v) is 1.81. The van der Waals surface area contributed by atoms with Gasteiger partial charge in [-0.1, -0.05) is 0 Å². The van der Waals surface area contributed by atoms with Gasteiger partial charge in [0.1, 0.15) is 11.4 Å². The number of nitrogens with one attached hydrogen (secondary N) is 1. The van der Waals surface area contributed by atoms with Crippen LogP contribution < -0.4 is 5.32 Å². The maximum absolute atomic E-state index is 10.3. The average Bonchev–Trinajstić information content (AvgIpc) is 2.19. The zero-order valence-electron chi connectivity index (χ0n) is 8.32. The number of hydrogen-bond acceptors (Lipinski definition) is 4. The topological polar surface area (TPSA) is 58.0 Å². The number of hydrogen-bond donors (Lipinski definition) is 2. The molecule has 1 aromatic heterocycles. The molecule has 0 amide bonds. The van der Waals surface area contributed by atoms with Gasteiger partial charge in [-0.15, -0.1) is 0 Å². The van der Waals surface area contributed by atoms with Crippen LogP contribution in [-0.4, -0.2) is 28.2 Å². The maximum atomic E-state index is 10.3. The lowest BCUT2D eigenvalue weighted by Crippen LogP contribution is -2.40. The molecular weight excluding hydrogens is 178 g/mol. The summed E-state index contributed by atoms with van der Waals surface area (Å²) in [5.41, 5.74) is 0.00498. The largest absolute Gasteiger partial charge is 0.383 e. The monoisotopic (exact) mass is 193 g/mol. The molecule has 2 heterocycles. The van der Waals surface area contributed by atoms with E-state index in [0.717, 1.165) is 37.4 Å². The summed E-state index contributed by atoms with van der Waals surface area (Å²) in [6.07, 6.45) is 3.16. The van der Waals surface area contributed by atoms with E-state index in [-0.39, 0.29) is 0 Å². The van der Waals surface area contributed by atoms with E-state index in [1.54, 1.807) is 12.3 Å². The molecule has 0 spiro atoms. The minimum atomic E-state index is -0.751. The molecule has 14 heavy (non-hydrogen) atoms. The first-order valence-electron chi connectivity index (χ1n) is 4.94. The Labute approximate surface area is 83.4 Å². The summed E-state index contributed by atoms with van der Waals surface area (Å²) in [6, 6.07) is 1.80. The van der Waals surface area contributed by atoms with Crippen molar-refractivity contribution in [3.05, 3.63) is 23.8 Å². The second-order valence-corrected chi connectivity index (χ2v) is 3.77. The maximum Gasteiger partial charge on any atom is 0.125 e. The van der Waals surface area contributed by atoms with Crippen molar-refractivity contribution in [1.82, 2.24) is 15.3 Å². The first-order valence-corrected chi connectivity index (χ1v) is 4.94. The van der Waals surface area contributed by atoms with Crippen LogP contribution in [0.1, 0.15) is 24.4 Å². The molecule has 2 rings (SSSR count). The van der Waals surface area contributed by atoms with Crippen molar-refractivity contribution in [3.8, 4) is 0 Å². The van der Waals surface area contributed by atoms with Gasteiger partial charge in [-0.05, 0) is 38.9 Å². The van der Waals surface area contributed by atoms with Crippen molar-refractivity contribution in [2.24, 2.45) is 0 Å². The second-order valence-electron chi connectivity index (χ2n) is 3.77. The van der Waals surface area contributed by atoms with Gasteiger partial charge in [-0.25, -0.2) is 9.97 Å². The number of aliphatic hydroxyl groups is 1. The zero-order valence-corrected chi connectivity index (χ0v) is 8.32. The normalized spacial score (nSPS) is 20.7. The average molecular weight is 193 g/mol. The summed E-state index contributed by atoms with van der Waals surface area (Å²) in [5, 5.41) is 13.6. The highest BCUT2D eigenvalue weighted by atomic mass is 16.3. The molecule has 1 aliphatic rings. The first kappa shape index (κ1) is 9.55. The Morgan fingerprint density at radius 1 is 1.43 bits per heavy atom. The van der Waals surface area contributed by atoms with Crippen LogP contribution in [0.25, 0.3) is 0 Å². The highest BCUT2D eigenvalue weighted by molar-refractivity contribution is 5.13. The summed E-state index contributed by atoms with van der Waals surface area (Å²) < 4.78 is 0. The molecule has 1 aromatic rings. The molecule has 0 atom stereocenters. The third kappa shape index (κ3) is 1.76. The number of piperidine rings is 1. The van der Waals surface area contributed by atoms with Crippen molar-refractivity contribution in [3.63, 3.8) is 0 Å². The molecule has 0 saturated carbocycles. The molecule has 1 saturated heterocycles. The van der Waals surface area contributed by atoms with Gasteiger partial charge in [0.15, 0.2) is 0 Å². The number of rotatable bonds is 1. The van der Waals surface area contributed by atoms with E-state index in [2.05, 4.69) is 15.3 Å². The molecule has 76 valence electrons. The molecule has 0 aromatic carbocycles. The van der Waals surface area contributed by atoms with Crippen LogP contribution in [0.5, 0.6) is 0 Å². The molecule has 2 N–H and O–H groups in total. The van der Waals surface area contributed by atoms with Crippen LogP contribution in [0.3, 0.4) is 0 Å². The SMILES string of the molecule is Cc1nccc(C2(O)CCNCC2)n1. The Morgan fingerprint density at radius 2 is 2.14 bits per heavy atom. The lowest BCUT2D eigenvalue weighted by atomic mass is 9.89. The molecule has 1 aliphatic heterocycles. The van der Waals surface area contributed by atoms with Crippen LogP contribution in [0.15, 0.2) is 12.3 Å². The lowest BCUT2D eigenvalue weighted by Gasteiger charge is -2.31. The van der Waals surface area contributed by atoms with Gasteiger partial charge in [-0.2, -0.15) is 0 Å². The van der Waals surface area contributed by atoms with Crippen LogP contribution in [0.4, 0.5) is 0 Å². The smallest absolute Gasteiger partial charge is 0.125 e. The summed E-state index contributed by atoms with van der Waals surface area (Å²) in [7, 11) is 0. The first-order chi connectivity index (χ1) is 6.71. The van der Waals surface area contributed by atoms with Crippen LogP contribution in [-0.2, 0) is 5.60 Å². The van der Waals surface area contributed by atoms with Crippen molar-refractivity contribution in [2.45, 2.75) is 25.4 Å². The minimum absolute atomic E-state index is 0.717. The van der Waals surface area contributed by atoms with Crippen molar-refractivity contribution < 1.29 is 5.11 Å². The molecule has 0 aliphatic carbocycles. The Hall–Kier alpha value is -1.00. The van der Waals surface area contributed by atoms with E-state index in [4.69, 9.17) is 0 Å². The summed E-state index contributed by atoms with van der Waals surface area (Å²) in [5.74, 6) is 0.717. The number of nitrogens with zero attached hydrogens (tertiary/aromatic N) is 2. The minimum Gasteiger partial charge on any atom is -0.383 e. The molecule has 0 radical (unpaired) electrons. The van der Waals surface area contributed by atoms with Gasteiger partial charge in [0.25, 0.3) is 0 Å². The van der Waals surface area contributed by atoms with E-state index in [9.17, 15) is 5.11 Å². The molecule has 4 heteroatoms. The molecule has 0 bridgehead atoms. The molecule has 1 fully saturated rings. The van der Waals surface area contributed by atoms with Crippen molar-refractivity contribution >= 4 is 0 Å². The number of aromatic nitrogens is 2. The van der Waals surface area contributed by atoms with E-state index in [0.29, 0.717) is 0 Å². The standard InChI is InChI=1S/C10H15N3O/c1-8-12-5-2-9(13-8)10(14)3-6-11-7-4-10/h2,5,11,14H,3-4,6-7H2,1H3. The van der Waals surface area contributed by atoms with E-state index in [1.165, 1.54) is 0 Å². The van der Waals surface area contributed by atoms with E-state index >= 15 is 0 Å². The Bertz CT molecular complexity index is 321. The summed E-state index contributed by atoms with van der Waals surface area (Å²) >= 11 is 0. The highest BCUT2D eigenvalue weighted by Crippen LogP contribution is 2.28. The van der Waals surface area contributed by atoms with Crippen molar-refractivity contribution in [1.29, 1.82) is 0 Å². The summed E-state index contributed by atoms with van der Waals surface area (Å²) in [4.78, 5) is 8.31. The lowest BCUT2D eigenvalue weighted by molar-refractivity contribution is 0.00160. The fraction of sp³-hybridized carbons (Fsp3) is 0.600. The number of aryl methyl sites for hydroxylation is 1. The fourth-order valence-electron chi connectivity index (χ4n) is 1.81. The predicted molar refractivity (Wildman–Crippen MR) is 52.8 cm³/mol. The Morgan fingerprint density at radius 3 is 2.79 bits per heavy atom. The highest BCUT2D eigenvalue weighted by Gasteiger charge is 2.32. The van der Waals surface area contributed by atoms with Gasteiger partial charge in [0, 0.05) is 6.20 Å². The predicted octanol–water partition coefficient (Wildman–Crippen LogP) is 0.356. The molecule has 4 nitrogen and oxygen atoms in total. The van der Waals surface area contributed by atoms with Crippen LogP contribution in [0, 0.1) is 6.92 Å². The van der Waals surface area contributed by atoms with Gasteiger partial charge in [-0.3, -0.25) is 0 Å². The summed E-state index contributed by atoms with van der Waals surface area (Å²) in [6.45, 7) is 3.53. The zero-order chi connectivity index (χ0) is 10.0. The second kappa shape index (κ2) is 3.63. The van der Waals surface area contributed by atoms with Crippen molar-refractivity contribution in [2.75, 3.05) is 13.1 Å². The van der Waals surface area contributed by atoms with Crippen LogP contribution >= 0.6 is 0 Å². The van der Waals surface area contributed by atoms with Gasteiger partial charge in [0.2, 0.25) is 0 Å². The van der Waals surface area contributed by atoms with E-state index < -0.39 is 5.60 Å². The van der Waals surface area contributed by atoms with Gasteiger partial charge < -0.3 is 10.4 Å². The molecular formula is C10H15N3O.